The Morgan fingerprint density at radius 3 is 2.96 bits per heavy atom. The molecular formula is C18H26N4O2. The molecule has 0 saturated carbocycles. The van der Waals surface area contributed by atoms with E-state index < -0.39 is 0 Å². The molecule has 1 aliphatic heterocycles. The van der Waals surface area contributed by atoms with Crippen molar-refractivity contribution in [1.82, 2.24) is 19.5 Å². The number of fused-ring (bicyclic) bond motifs is 1. The minimum absolute atomic E-state index is 0.0315. The van der Waals surface area contributed by atoms with Crippen LogP contribution in [0, 0.1) is 5.92 Å². The van der Waals surface area contributed by atoms with Gasteiger partial charge in [-0.3, -0.25) is 4.79 Å². The van der Waals surface area contributed by atoms with E-state index in [1.54, 1.807) is 29.0 Å². The molecule has 2 aromatic heterocycles. The van der Waals surface area contributed by atoms with Crippen LogP contribution < -0.4 is 0 Å². The van der Waals surface area contributed by atoms with Crippen molar-refractivity contribution in [2.75, 3.05) is 13.1 Å². The highest BCUT2D eigenvalue weighted by atomic mass is 16.5. The predicted octanol–water partition coefficient (Wildman–Crippen LogP) is 2.79. The Labute approximate surface area is 142 Å². The summed E-state index contributed by atoms with van der Waals surface area (Å²) in [5.41, 5.74) is 1.14. The van der Waals surface area contributed by atoms with E-state index in [1.807, 2.05) is 4.90 Å². The zero-order chi connectivity index (χ0) is 17.1. The average Bonchev–Trinajstić information content (AvgIpc) is 3.03. The summed E-state index contributed by atoms with van der Waals surface area (Å²) < 4.78 is 7.83. The van der Waals surface area contributed by atoms with Crippen molar-refractivity contribution in [2.45, 2.75) is 52.2 Å². The summed E-state index contributed by atoms with van der Waals surface area (Å²) in [6.07, 6.45) is 6.96. The van der Waals surface area contributed by atoms with Gasteiger partial charge in [-0.15, -0.1) is 0 Å². The molecule has 0 unspecified atom stereocenters. The maximum absolute atomic E-state index is 12.9. The molecule has 0 bridgehead atoms. The standard InChI is InChI=1S/C18H26N4O2/c1-4-5-7-14-11-21(12-16(24-14)13(2)3)18(23)15-10-17-19-8-6-9-22(17)20-15/h6,8-10,13-14,16H,4-5,7,11-12H2,1-3H3/t14-,16-/m1/s1. The quantitative estimate of drug-likeness (QED) is 0.846. The highest BCUT2D eigenvalue weighted by Gasteiger charge is 2.33. The molecule has 6 heteroatoms. The third-order valence-electron chi connectivity index (χ3n) is 4.56. The van der Waals surface area contributed by atoms with Gasteiger partial charge in [-0.2, -0.15) is 5.10 Å². The molecule has 2 aromatic rings. The first kappa shape index (κ1) is 16.9. The van der Waals surface area contributed by atoms with Gasteiger partial charge in [0.05, 0.1) is 12.2 Å². The van der Waals surface area contributed by atoms with Gasteiger partial charge in [0.1, 0.15) is 0 Å². The fourth-order valence-corrected chi connectivity index (χ4v) is 3.09. The summed E-state index contributed by atoms with van der Waals surface area (Å²) >= 11 is 0. The van der Waals surface area contributed by atoms with Gasteiger partial charge in [0.15, 0.2) is 11.3 Å². The van der Waals surface area contributed by atoms with Crippen LogP contribution in [-0.2, 0) is 4.74 Å². The number of morpholine rings is 1. The van der Waals surface area contributed by atoms with E-state index in [1.165, 1.54) is 0 Å². The number of hydrogen-bond donors (Lipinski definition) is 0. The summed E-state index contributed by atoms with van der Waals surface area (Å²) in [7, 11) is 0. The maximum Gasteiger partial charge on any atom is 0.274 e. The molecule has 1 aliphatic rings. The molecule has 1 amide bonds. The molecule has 1 saturated heterocycles. The van der Waals surface area contributed by atoms with Crippen LogP contribution in [0.4, 0.5) is 0 Å². The van der Waals surface area contributed by atoms with Gasteiger partial charge < -0.3 is 9.64 Å². The molecule has 0 aromatic carbocycles. The van der Waals surface area contributed by atoms with Crippen LogP contribution in [0.25, 0.3) is 5.65 Å². The molecule has 2 atom stereocenters. The van der Waals surface area contributed by atoms with Crippen molar-refractivity contribution >= 4 is 11.6 Å². The second-order valence-electron chi connectivity index (χ2n) is 6.84. The number of ether oxygens (including phenoxy) is 1. The largest absolute Gasteiger partial charge is 0.371 e. The molecule has 0 N–H and O–H groups in total. The Bertz CT molecular complexity index is 664. The van der Waals surface area contributed by atoms with Crippen LogP contribution in [-0.4, -0.2) is 50.7 Å². The summed E-state index contributed by atoms with van der Waals surface area (Å²) in [5.74, 6) is 0.350. The fourth-order valence-electron chi connectivity index (χ4n) is 3.09. The lowest BCUT2D eigenvalue weighted by Crippen LogP contribution is -2.51. The zero-order valence-corrected chi connectivity index (χ0v) is 14.7. The average molecular weight is 330 g/mol. The number of carbonyl (C=O) groups is 1. The Hall–Kier alpha value is -1.95. The summed E-state index contributed by atoms with van der Waals surface area (Å²) in [5, 5.41) is 4.37. The number of carbonyl (C=O) groups excluding carboxylic acids is 1. The van der Waals surface area contributed by atoms with Gasteiger partial charge in [-0.05, 0) is 18.4 Å². The smallest absolute Gasteiger partial charge is 0.274 e. The molecule has 6 nitrogen and oxygen atoms in total. The van der Waals surface area contributed by atoms with E-state index in [4.69, 9.17) is 4.74 Å². The molecule has 3 rings (SSSR count). The van der Waals surface area contributed by atoms with Crippen LogP contribution in [0.2, 0.25) is 0 Å². The highest BCUT2D eigenvalue weighted by Crippen LogP contribution is 2.22. The molecule has 3 heterocycles. The van der Waals surface area contributed by atoms with Crippen LogP contribution in [0.3, 0.4) is 0 Å². The summed E-state index contributed by atoms with van der Waals surface area (Å²) in [4.78, 5) is 19.1. The van der Waals surface area contributed by atoms with Gasteiger partial charge in [0.25, 0.3) is 5.91 Å². The second kappa shape index (κ2) is 7.30. The normalized spacial score (nSPS) is 21.6. The fraction of sp³-hybridized carbons (Fsp3) is 0.611. The number of hydrogen-bond acceptors (Lipinski definition) is 4. The Morgan fingerprint density at radius 2 is 2.25 bits per heavy atom. The van der Waals surface area contributed by atoms with Crippen molar-refractivity contribution in [3.63, 3.8) is 0 Å². The SMILES string of the molecule is CCCC[C@@H]1CN(C(=O)c2cc3ncccn3n2)C[C@H](C(C)C)O1. The Morgan fingerprint density at radius 1 is 1.42 bits per heavy atom. The van der Waals surface area contributed by atoms with E-state index >= 15 is 0 Å². The lowest BCUT2D eigenvalue weighted by atomic mass is 10.0. The summed E-state index contributed by atoms with van der Waals surface area (Å²) in [6, 6.07) is 3.56. The number of aromatic nitrogens is 3. The third-order valence-corrected chi connectivity index (χ3v) is 4.56. The van der Waals surface area contributed by atoms with Crippen LogP contribution >= 0.6 is 0 Å². The van der Waals surface area contributed by atoms with Crippen LogP contribution in [0.15, 0.2) is 24.5 Å². The summed E-state index contributed by atoms with van der Waals surface area (Å²) in [6.45, 7) is 7.73. The second-order valence-corrected chi connectivity index (χ2v) is 6.84. The minimum Gasteiger partial charge on any atom is -0.371 e. The Kier molecular flexibility index (Phi) is 5.14. The van der Waals surface area contributed by atoms with Crippen LogP contribution in [0.1, 0.15) is 50.5 Å². The van der Waals surface area contributed by atoms with E-state index in [9.17, 15) is 4.79 Å². The first-order valence-electron chi connectivity index (χ1n) is 8.83. The Balaban J connectivity index is 1.78. The topological polar surface area (TPSA) is 59.7 Å². The van der Waals surface area contributed by atoms with E-state index in [2.05, 4.69) is 30.9 Å². The number of amides is 1. The van der Waals surface area contributed by atoms with Crippen molar-refractivity contribution in [3.05, 3.63) is 30.2 Å². The molecule has 0 aliphatic carbocycles. The van der Waals surface area contributed by atoms with Gasteiger partial charge in [0.2, 0.25) is 0 Å². The number of nitrogens with zero attached hydrogens (tertiary/aromatic N) is 4. The molecule has 0 spiro atoms. The third kappa shape index (κ3) is 3.59. The van der Waals surface area contributed by atoms with Crippen molar-refractivity contribution in [1.29, 1.82) is 0 Å². The number of rotatable bonds is 5. The molecular weight excluding hydrogens is 304 g/mol. The van der Waals surface area contributed by atoms with Crippen LogP contribution in [0.5, 0.6) is 0 Å². The van der Waals surface area contributed by atoms with Gasteiger partial charge in [0, 0.05) is 31.5 Å². The molecule has 130 valence electrons. The highest BCUT2D eigenvalue weighted by molar-refractivity contribution is 5.93. The first-order valence-corrected chi connectivity index (χ1v) is 8.83. The first-order chi connectivity index (χ1) is 11.6. The molecule has 1 fully saturated rings. The van der Waals surface area contributed by atoms with E-state index in [0.29, 0.717) is 30.3 Å². The molecule has 0 radical (unpaired) electrons. The number of unbranched alkanes of at least 4 members (excludes halogenated alkanes) is 1. The van der Waals surface area contributed by atoms with Crippen molar-refractivity contribution < 1.29 is 9.53 Å². The van der Waals surface area contributed by atoms with Crippen molar-refractivity contribution in [3.8, 4) is 0 Å². The van der Waals surface area contributed by atoms with E-state index in [-0.39, 0.29) is 18.1 Å². The monoisotopic (exact) mass is 330 g/mol. The molecule has 24 heavy (non-hydrogen) atoms. The predicted molar refractivity (Wildman–Crippen MR) is 91.9 cm³/mol. The van der Waals surface area contributed by atoms with Gasteiger partial charge in [-0.25, -0.2) is 9.50 Å². The van der Waals surface area contributed by atoms with E-state index in [0.717, 1.165) is 19.3 Å². The van der Waals surface area contributed by atoms with Gasteiger partial charge in [-0.1, -0.05) is 33.6 Å². The lowest BCUT2D eigenvalue weighted by Gasteiger charge is -2.39. The zero-order valence-electron chi connectivity index (χ0n) is 14.7. The lowest BCUT2D eigenvalue weighted by molar-refractivity contribution is -0.0963. The van der Waals surface area contributed by atoms with Crippen molar-refractivity contribution in [2.24, 2.45) is 5.92 Å². The maximum atomic E-state index is 12.9. The minimum atomic E-state index is -0.0315. The van der Waals surface area contributed by atoms with Gasteiger partial charge >= 0.3 is 0 Å².